The van der Waals surface area contributed by atoms with E-state index in [1.807, 2.05) is 36.7 Å². The fourth-order valence-electron chi connectivity index (χ4n) is 3.70. The Morgan fingerprint density at radius 1 is 0.968 bits per heavy atom. The van der Waals surface area contributed by atoms with E-state index >= 15 is 0 Å². The maximum atomic E-state index is 12.8. The summed E-state index contributed by atoms with van der Waals surface area (Å²) in [5.74, 6) is 0.942. The van der Waals surface area contributed by atoms with Crippen LogP contribution >= 0.6 is 11.3 Å². The summed E-state index contributed by atoms with van der Waals surface area (Å²) in [4.78, 5) is 36.0. The summed E-state index contributed by atoms with van der Waals surface area (Å²) >= 11 is 1.55. The third kappa shape index (κ3) is 4.30. The average molecular weight is 431 g/mol. The summed E-state index contributed by atoms with van der Waals surface area (Å²) in [6.45, 7) is 3.96. The van der Waals surface area contributed by atoms with Gasteiger partial charge >= 0.3 is 0 Å². The number of hydrogen-bond donors (Lipinski definition) is 0. The van der Waals surface area contributed by atoms with Gasteiger partial charge in [0, 0.05) is 67.6 Å². The summed E-state index contributed by atoms with van der Waals surface area (Å²) in [6, 6.07) is 7.80. The third-order valence-electron chi connectivity index (χ3n) is 5.58. The number of carbonyl (C=O) groups is 1. The SMILES string of the molecule is CN1CCN(c2ccc(C(=O)Cc3cc4cc(-c5cncs5)ncc4cn3)cn2)CC1. The van der Waals surface area contributed by atoms with Crippen LogP contribution in [0, 0.1) is 0 Å². The molecule has 1 fully saturated rings. The Hall–Kier alpha value is -3.23. The van der Waals surface area contributed by atoms with E-state index in [-0.39, 0.29) is 12.2 Å². The number of piperazine rings is 1. The maximum Gasteiger partial charge on any atom is 0.170 e. The van der Waals surface area contributed by atoms with Gasteiger partial charge < -0.3 is 9.80 Å². The minimum absolute atomic E-state index is 0.0148. The first kappa shape index (κ1) is 19.7. The van der Waals surface area contributed by atoms with Crippen LogP contribution in [0.4, 0.5) is 5.82 Å². The Labute approximate surface area is 184 Å². The summed E-state index contributed by atoms with van der Waals surface area (Å²) in [7, 11) is 2.13. The molecule has 0 aliphatic carbocycles. The predicted molar refractivity (Wildman–Crippen MR) is 123 cm³/mol. The second kappa shape index (κ2) is 8.49. The van der Waals surface area contributed by atoms with E-state index in [1.165, 1.54) is 0 Å². The van der Waals surface area contributed by atoms with E-state index in [4.69, 9.17) is 0 Å². The van der Waals surface area contributed by atoms with Crippen molar-refractivity contribution >= 4 is 33.7 Å². The smallest absolute Gasteiger partial charge is 0.170 e. The predicted octanol–water partition coefficient (Wildman–Crippen LogP) is 3.33. The van der Waals surface area contributed by atoms with Crippen molar-refractivity contribution in [3.05, 3.63) is 65.8 Å². The molecule has 1 saturated heterocycles. The number of hydrogen-bond acceptors (Lipinski definition) is 8. The number of rotatable bonds is 5. The number of anilines is 1. The fourth-order valence-corrected chi connectivity index (χ4v) is 4.29. The molecule has 0 atom stereocenters. The Bertz CT molecular complexity index is 1200. The fraction of sp³-hybridized carbons (Fsp3) is 0.261. The number of thiazole rings is 1. The van der Waals surface area contributed by atoms with Crippen LogP contribution < -0.4 is 4.90 Å². The Morgan fingerprint density at radius 3 is 2.55 bits per heavy atom. The van der Waals surface area contributed by atoms with Crippen molar-refractivity contribution < 1.29 is 4.79 Å². The van der Waals surface area contributed by atoms with Crippen LogP contribution in [-0.4, -0.2) is 63.8 Å². The number of aromatic nitrogens is 4. The highest BCUT2D eigenvalue weighted by molar-refractivity contribution is 7.13. The van der Waals surface area contributed by atoms with Crippen molar-refractivity contribution in [2.24, 2.45) is 0 Å². The normalized spacial score (nSPS) is 14.8. The summed E-state index contributed by atoms with van der Waals surface area (Å²) in [5.41, 5.74) is 4.02. The molecule has 4 aromatic heterocycles. The molecule has 1 aliphatic rings. The molecule has 5 heterocycles. The lowest BCUT2D eigenvalue weighted by Crippen LogP contribution is -2.44. The van der Waals surface area contributed by atoms with Gasteiger partial charge in [-0.1, -0.05) is 0 Å². The highest BCUT2D eigenvalue weighted by atomic mass is 32.1. The number of likely N-dealkylation sites (N-methyl/N-ethyl adjacent to an activating group) is 1. The van der Waals surface area contributed by atoms with Crippen LogP contribution in [0.2, 0.25) is 0 Å². The number of carbonyl (C=O) groups excluding carboxylic acids is 1. The van der Waals surface area contributed by atoms with Crippen molar-refractivity contribution in [2.45, 2.75) is 6.42 Å². The van der Waals surface area contributed by atoms with Gasteiger partial charge in [0.15, 0.2) is 5.78 Å². The van der Waals surface area contributed by atoms with Gasteiger partial charge in [0.1, 0.15) is 5.82 Å². The topological polar surface area (TPSA) is 75.1 Å². The first-order chi connectivity index (χ1) is 15.2. The molecule has 1 aliphatic heterocycles. The van der Waals surface area contributed by atoms with Crippen LogP contribution in [-0.2, 0) is 6.42 Å². The van der Waals surface area contributed by atoms with Crippen LogP contribution in [0.25, 0.3) is 21.3 Å². The molecule has 0 unspecified atom stereocenters. The molecular formula is C23H22N6OS. The van der Waals surface area contributed by atoms with E-state index in [9.17, 15) is 4.79 Å². The maximum absolute atomic E-state index is 12.8. The molecule has 8 heteroatoms. The summed E-state index contributed by atoms with van der Waals surface area (Å²) in [6.07, 6.45) is 7.32. The Balaban J connectivity index is 1.31. The van der Waals surface area contributed by atoms with Gasteiger partial charge in [-0.25, -0.2) is 4.98 Å². The van der Waals surface area contributed by atoms with Gasteiger partial charge in [-0.3, -0.25) is 19.7 Å². The number of ketones is 1. The molecule has 0 aromatic carbocycles. The zero-order valence-corrected chi connectivity index (χ0v) is 18.0. The number of pyridine rings is 3. The number of fused-ring (bicyclic) bond motifs is 1. The summed E-state index contributed by atoms with van der Waals surface area (Å²) in [5, 5.41) is 1.96. The van der Waals surface area contributed by atoms with Gasteiger partial charge in [-0.15, -0.1) is 11.3 Å². The van der Waals surface area contributed by atoms with Crippen molar-refractivity contribution in [2.75, 3.05) is 38.1 Å². The molecule has 0 N–H and O–H groups in total. The van der Waals surface area contributed by atoms with E-state index in [2.05, 4.69) is 36.8 Å². The van der Waals surface area contributed by atoms with Crippen molar-refractivity contribution in [1.82, 2.24) is 24.8 Å². The van der Waals surface area contributed by atoms with Gasteiger partial charge in [0.2, 0.25) is 0 Å². The van der Waals surface area contributed by atoms with Gasteiger partial charge in [-0.2, -0.15) is 0 Å². The molecule has 7 nitrogen and oxygen atoms in total. The zero-order chi connectivity index (χ0) is 21.2. The van der Waals surface area contributed by atoms with Crippen LogP contribution in [0.3, 0.4) is 0 Å². The molecular weight excluding hydrogens is 408 g/mol. The third-order valence-corrected chi connectivity index (χ3v) is 6.38. The minimum atomic E-state index is 0.0148. The molecule has 156 valence electrons. The van der Waals surface area contributed by atoms with Crippen molar-refractivity contribution in [3.63, 3.8) is 0 Å². The second-order valence-corrected chi connectivity index (χ2v) is 8.64. The number of Topliss-reactive ketones (excluding diaryl/α,β-unsaturated/α-hetero) is 1. The zero-order valence-electron chi connectivity index (χ0n) is 17.2. The van der Waals surface area contributed by atoms with Crippen molar-refractivity contribution in [3.8, 4) is 10.6 Å². The van der Waals surface area contributed by atoms with E-state index < -0.39 is 0 Å². The molecule has 31 heavy (non-hydrogen) atoms. The highest BCUT2D eigenvalue weighted by Crippen LogP contribution is 2.25. The van der Waals surface area contributed by atoms with E-state index in [0.717, 1.165) is 59.0 Å². The first-order valence-corrected chi connectivity index (χ1v) is 11.1. The average Bonchev–Trinajstić information content (AvgIpc) is 3.34. The Kier molecular flexibility index (Phi) is 5.40. The molecule has 0 radical (unpaired) electrons. The largest absolute Gasteiger partial charge is 0.354 e. The van der Waals surface area contributed by atoms with Crippen LogP contribution in [0.1, 0.15) is 16.1 Å². The first-order valence-electron chi connectivity index (χ1n) is 10.2. The van der Waals surface area contributed by atoms with Crippen LogP contribution in [0.5, 0.6) is 0 Å². The lowest BCUT2D eigenvalue weighted by atomic mass is 10.1. The standard InChI is InChI=1S/C23H22N6OS/c1-28-4-6-29(7-5-28)23-3-2-16(11-27-23)21(30)10-19-8-17-9-20(22-14-24-15-31-22)26-13-18(17)12-25-19/h2-3,8-9,11-15H,4-7,10H2,1H3. The molecule has 5 rings (SSSR count). The van der Waals surface area contributed by atoms with E-state index in [1.54, 1.807) is 29.2 Å². The lowest BCUT2D eigenvalue weighted by Gasteiger charge is -2.33. The van der Waals surface area contributed by atoms with Gasteiger partial charge in [-0.05, 0) is 36.7 Å². The molecule has 0 bridgehead atoms. The van der Waals surface area contributed by atoms with E-state index in [0.29, 0.717) is 5.56 Å². The monoisotopic (exact) mass is 430 g/mol. The van der Waals surface area contributed by atoms with Crippen LogP contribution in [0.15, 0.2) is 54.6 Å². The molecule has 0 amide bonds. The Morgan fingerprint density at radius 2 is 1.81 bits per heavy atom. The van der Waals surface area contributed by atoms with Gasteiger partial charge in [0.25, 0.3) is 0 Å². The second-order valence-electron chi connectivity index (χ2n) is 7.75. The quantitative estimate of drug-likeness (QED) is 0.450. The summed E-state index contributed by atoms with van der Waals surface area (Å²) < 4.78 is 0. The molecule has 0 spiro atoms. The minimum Gasteiger partial charge on any atom is -0.354 e. The highest BCUT2D eigenvalue weighted by Gasteiger charge is 2.16. The lowest BCUT2D eigenvalue weighted by molar-refractivity contribution is 0.0991. The molecule has 0 saturated carbocycles. The molecule has 4 aromatic rings. The van der Waals surface area contributed by atoms with Crippen molar-refractivity contribution in [1.29, 1.82) is 0 Å². The van der Waals surface area contributed by atoms with Gasteiger partial charge in [0.05, 0.1) is 22.5 Å². The number of nitrogens with zero attached hydrogens (tertiary/aromatic N) is 6.